The fraction of sp³-hybridized carbons (Fsp3) is 0.737. The Hall–Kier alpha value is -0.890. The number of hydrogen-bond donors (Lipinski definition) is 2. The molecule has 28 heavy (non-hydrogen) atoms. The number of halogens is 2. The van der Waals surface area contributed by atoms with Crippen LogP contribution < -0.4 is 10.6 Å². The molecule has 0 saturated carbocycles. The van der Waals surface area contributed by atoms with Crippen molar-refractivity contribution in [3.05, 3.63) is 16.1 Å². The van der Waals surface area contributed by atoms with Gasteiger partial charge in [-0.25, -0.2) is 4.98 Å². The average molecular weight is 451 g/mol. The molecular formula is C19H32Cl2N4O2S. The highest BCUT2D eigenvalue weighted by Gasteiger charge is 2.31. The molecule has 2 saturated heterocycles. The van der Waals surface area contributed by atoms with Crippen molar-refractivity contribution in [3.63, 3.8) is 0 Å². The van der Waals surface area contributed by atoms with E-state index in [0.29, 0.717) is 19.0 Å². The van der Waals surface area contributed by atoms with Crippen molar-refractivity contribution in [1.29, 1.82) is 0 Å². The molecule has 2 N–H and O–H groups in total. The molecule has 1 aromatic rings. The summed E-state index contributed by atoms with van der Waals surface area (Å²) in [6, 6.07) is -0.0390. The van der Waals surface area contributed by atoms with Gasteiger partial charge in [0.25, 0.3) is 5.91 Å². The Balaban J connectivity index is 0.00000196. The molecule has 1 aromatic heterocycles. The van der Waals surface area contributed by atoms with Crippen LogP contribution >= 0.6 is 36.2 Å². The third-order valence-electron chi connectivity index (χ3n) is 5.22. The fourth-order valence-electron chi connectivity index (χ4n) is 3.77. The lowest BCUT2D eigenvalue weighted by molar-refractivity contribution is -0.123. The van der Waals surface area contributed by atoms with Gasteiger partial charge in [0.15, 0.2) is 0 Å². The fourth-order valence-corrected chi connectivity index (χ4v) is 4.73. The number of nitrogens with one attached hydrogen (secondary N) is 2. The molecule has 160 valence electrons. The monoisotopic (exact) mass is 450 g/mol. The van der Waals surface area contributed by atoms with E-state index in [9.17, 15) is 9.59 Å². The van der Waals surface area contributed by atoms with Crippen molar-refractivity contribution in [1.82, 2.24) is 20.5 Å². The molecule has 0 radical (unpaired) electrons. The zero-order chi connectivity index (χ0) is 18.7. The maximum absolute atomic E-state index is 13.0. The number of piperidine rings is 1. The maximum Gasteiger partial charge on any atom is 0.265 e. The second-order valence-electron chi connectivity index (χ2n) is 8.43. The summed E-state index contributed by atoms with van der Waals surface area (Å²) < 4.78 is 0. The summed E-state index contributed by atoms with van der Waals surface area (Å²) in [6.07, 6.45) is 4.02. The van der Waals surface area contributed by atoms with Crippen molar-refractivity contribution >= 4 is 48.0 Å². The highest BCUT2D eigenvalue weighted by molar-refractivity contribution is 7.11. The largest absolute Gasteiger partial charge is 0.354 e. The van der Waals surface area contributed by atoms with Gasteiger partial charge in [0, 0.05) is 25.0 Å². The molecule has 2 aliphatic rings. The van der Waals surface area contributed by atoms with Gasteiger partial charge in [-0.2, -0.15) is 0 Å². The lowest BCUT2D eigenvalue weighted by Crippen LogP contribution is -2.46. The number of thiazole rings is 1. The van der Waals surface area contributed by atoms with Gasteiger partial charge in [0.05, 0.1) is 17.2 Å². The Labute approximate surface area is 184 Å². The zero-order valence-corrected chi connectivity index (χ0v) is 19.3. The summed E-state index contributed by atoms with van der Waals surface area (Å²) >= 11 is 1.43. The second kappa shape index (κ2) is 10.8. The van der Waals surface area contributed by atoms with Crippen LogP contribution in [-0.4, -0.2) is 53.9 Å². The predicted octanol–water partition coefficient (Wildman–Crippen LogP) is 3.00. The van der Waals surface area contributed by atoms with Crippen molar-refractivity contribution in [3.8, 4) is 0 Å². The van der Waals surface area contributed by atoms with Crippen LogP contribution in [0.15, 0.2) is 5.51 Å². The third-order valence-corrected chi connectivity index (χ3v) is 6.03. The molecule has 2 atom stereocenters. The summed E-state index contributed by atoms with van der Waals surface area (Å²) in [4.78, 5) is 32.3. The van der Waals surface area contributed by atoms with E-state index < -0.39 is 0 Å². The molecule has 0 aliphatic carbocycles. The summed E-state index contributed by atoms with van der Waals surface area (Å²) in [5, 5.41) is 6.30. The van der Waals surface area contributed by atoms with Gasteiger partial charge >= 0.3 is 0 Å². The van der Waals surface area contributed by atoms with Gasteiger partial charge in [-0.1, -0.05) is 20.8 Å². The van der Waals surface area contributed by atoms with E-state index in [0.717, 1.165) is 49.3 Å². The average Bonchev–Trinajstić information content (AvgIpc) is 3.30. The van der Waals surface area contributed by atoms with E-state index in [1.165, 1.54) is 11.3 Å². The Morgan fingerprint density at radius 3 is 2.68 bits per heavy atom. The van der Waals surface area contributed by atoms with Crippen LogP contribution in [0, 0.1) is 5.92 Å². The van der Waals surface area contributed by atoms with Gasteiger partial charge in [0.1, 0.15) is 4.88 Å². The minimum Gasteiger partial charge on any atom is -0.354 e. The Kier molecular flexibility index (Phi) is 9.67. The summed E-state index contributed by atoms with van der Waals surface area (Å²) in [6.45, 7) is 9.33. The smallest absolute Gasteiger partial charge is 0.265 e. The molecule has 2 amide bonds. The van der Waals surface area contributed by atoms with E-state index in [2.05, 4.69) is 36.4 Å². The molecule has 3 rings (SSSR count). The summed E-state index contributed by atoms with van der Waals surface area (Å²) in [5.41, 5.74) is 2.52. The van der Waals surface area contributed by atoms with Crippen molar-refractivity contribution in [2.24, 2.45) is 5.92 Å². The van der Waals surface area contributed by atoms with Crippen molar-refractivity contribution in [2.75, 3.05) is 26.2 Å². The zero-order valence-electron chi connectivity index (χ0n) is 16.8. The van der Waals surface area contributed by atoms with Crippen LogP contribution in [-0.2, 0) is 10.2 Å². The number of carbonyl (C=O) groups is 2. The first kappa shape index (κ1) is 25.1. The quantitative estimate of drug-likeness (QED) is 0.738. The van der Waals surface area contributed by atoms with Gasteiger partial charge in [-0.15, -0.1) is 36.2 Å². The topological polar surface area (TPSA) is 74.3 Å². The van der Waals surface area contributed by atoms with Crippen molar-refractivity contribution in [2.45, 2.75) is 57.9 Å². The van der Waals surface area contributed by atoms with E-state index in [4.69, 9.17) is 0 Å². The maximum atomic E-state index is 13.0. The highest BCUT2D eigenvalue weighted by Crippen LogP contribution is 2.29. The van der Waals surface area contributed by atoms with Crippen LogP contribution in [0.1, 0.15) is 61.8 Å². The van der Waals surface area contributed by atoms with Gasteiger partial charge < -0.3 is 15.5 Å². The minimum atomic E-state index is -0.136. The summed E-state index contributed by atoms with van der Waals surface area (Å²) in [7, 11) is 0. The molecule has 3 heterocycles. The molecular weight excluding hydrogens is 419 g/mol. The molecule has 6 nitrogen and oxygen atoms in total. The lowest BCUT2D eigenvalue weighted by Gasteiger charge is -2.33. The van der Waals surface area contributed by atoms with E-state index in [1.807, 2.05) is 4.90 Å². The van der Waals surface area contributed by atoms with Crippen LogP contribution in [0.3, 0.4) is 0 Å². The molecule has 0 aromatic carbocycles. The number of likely N-dealkylation sites (tertiary alicyclic amines) is 1. The normalized spacial score (nSPS) is 22.2. The second-order valence-corrected chi connectivity index (χ2v) is 9.29. The first-order valence-corrected chi connectivity index (χ1v) is 10.5. The Morgan fingerprint density at radius 2 is 2.04 bits per heavy atom. The van der Waals surface area contributed by atoms with Crippen LogP contribution in [0.2, 0.25) is 0 Å². The Bertz CT molecular complexity index is 657. The number of rotatable bonds is 4. The lowest BCUT2D eigenvalue weighted by atomic mass is 9.90. The SMILES string of the molecule is CC(C)(C)c1ncsc1C(=O)N1CCCC(CNC(=O)C2CCCN2)C1.Cl.Cl. The third kappa shape index (κ3) is 6.05. The number of nitrogens with zero attached hydrogens (tertiary/aromatic N) is 2. The highest BCUT2D eigenvalue weighted by atomic mass is 35.5. The van der Waals surface area contributed by atoms with E-state index in [-0.39, 0.29) is 48.1 Å². The summed E-state index contributed by atoms with van der Waals surface area (Å²) in [5.74, 6) is 0.512. The first-order chi connectivity index (χ1) is 12.4. The van der Waals surface area contributed by atoms with Crippen LogP contribution in [0.4, 0.5) is 0 Å². The van der Waals surface area contributed by atoms with Crippen molar-refractivity contribution < 1.29 is 9.59 Å². The standard InChI is InChI=1S/C19H30N4O2S.2ClH/c1-19(2,3)16-15(26-12-22-16)18(25)23-9-5-6-13(11-23)10-21-17(24)14-7-4-8-20-14;;/h12-14,20H,4-11H2,1-3H3,(H,21,24);2*1H. The number of hydrogen-bond acceptors (Lipinski definition) is 5. The predicted molar refractivity (Wildman–Crippen MR) is 118 cm³/mol. The molecule has 2 aliphatic heterocycles. The first-order valence-electron chi connectivity index (χ1n) is 9.60. The van der Waals surface area contributed by atoms with Gasteiger partial charge in [-0.05, 0) is 38.1 Å². The molecule has 9 heteroatoms. The molecule has 2 fully saturated rings. The van der Waals surface area contributed by atoms with E-state index in [1.54, 1.807) is 5.51 Å². The van der Waals surface area contributed by atoms with Crippen LogP contribution in [0.5, 0.6) is 0 Å². The molecule has 0 spiro atoms. The van der Waals surface area contributed by atoms with Gasteiger partial charge in [-0.3, -0.25) is 9.59 Å². The molecule has 0 bridgehead atoms. The number of aromatic nitrogens is 1. The minimum absolute atomic E-state index is 0. The number of carbonyl (C=O) groups excluding carboxylic acids is 2. The molecule has 2 unspecified atom stereocenters. The van der Waals surface area contributed by atoms with E-state index >= 15 is 0 Å². The van der Waals surface area contributed by atoms with Crippen LogP contribution in [0.25, 0.3) is 0 Å². The van der Waals surface area contributed by atoms with Gasteiger partial charge in [0.2, 0.25) is 5.91 Å². The number of amides is 2. The Morgan fingerprint density at radius 1 is 1.29 bits per heavy atom.